The maximum atomic E-state index is 13.0. The highest BCUT2D eigenvalue weighted by molar-refractivity contribution is 5.46. The van der Waals surface area contributed by atoms with Crippen molar-refractivity contribution in [2.75, 3.05) is 34.1 Å². The normalized spacial score (nSPS) is 66.5. The van der Waals surface area contributed by atoms with Gasteiger partial charge in [0.25, 0.3) is 0 Å². The van der Waals surface area contributed by atoms with Crippen LogP contribution in [-0.2, 0) is 18.9 Å². The fourth-order valence-corrected chi connectivity index (χ4v) is 11.2. The van der Waals surface area contributed by atoms with Gasteiger partial charge in [-0.2, -0.15) is 0 Å². The van der Waals surface area contributed by atoms with Gasteiger partial charge in [0, 0.05) is 44.9 Å². The molecule has 2 saturated heterocycles. The summed E-state index contributed by atoms with van der Waals surface area (Å²) in [4.78, 5) is 2.43. The van der Waals surface area contributed by atoms with Crippen LogP contribution in [0.4, 0.5) is 0 Å². The molecule has 7 aliphatic rings. The third-order valence-electron chi connectivity index (χ3n) is 11.7. The minimum Gasteiger partial charge on any atom is -0.392 e. The molecule has 5 aliphatic carbocycles. The zero-order valence-electron chi connectivity index (χ0n) is 19.5. The van der Waals surface area contributed by atoms with Gasteiger partial charge in [0.2, 0.25) is 0 Å². The van der Waals surface area contributed by atoms with Crippen LogP contribution in [0.5, 0.6) is 0 Å². The Kier molecular flexibility index (Phi) is 3.87. The number of hydrogen-bond acceptors (Lipinski definition) is 8. The van der Waals surface area contributed by atoms with Crippen molar-refractivity contribution in [2.24, 2.45) is 28.6 Å². The van der Waals surface area contributed by atoms with Crippen LogP contribution in [0.25, 0.3) is 0 Å². The van der Waals surface area contributed by atoms with Gasteiger partial charge in [0.15, 0.2) is 0 Å². The lowest BCUT2D eigenvalue weighted by Crippen LogP contribution is -2.85. The van der Waals surface area contributed by atoms with E-state index in [1.807, 2.05) is 0 Å². The van der Waals surface area contributed by atoms with E-state index in [-0.39, 0.29) is 42.3 Å². The van der Waals surface area contributed by atoms with Crippen LogP contribution in [0.15, 0.2) is 0 Å². The minimum absolute atomic E-state index is 0.0582. The second-order valence-corrected chi connectivity index (χ2v) is 12.1. The minimum atomic E-state index is -1.25. The Morgan fingerprint density at radius 1 is 1.09 bits per heavy atom. The molecule has 0 radical (unpaired) electrons. The zero-order valence-corrected chi connectivity index (χ0v) is 19.5. The SMILES string of the molecule is CCN1C[C@@]2(C)CC[C@@H](OC)[C@@]34C2C(O)[C@@]2(OCO[C@]25CC(OC)C2C[C@@]3(O)C5C2O)C14. The summed E-state index contributed by atoms with van der Waals surface area (Å²) in [6.45, 7) is 6.13. The van der Waals surface area contributed by atoms with E-state index in [9.17, 15) is 15.3 Å². The molecule has 7 rings (SSSR count). The molecule has 7 bridgehead atoms. The molecule has 0 aromatic rings. The summed E-state index contributed by atoms with van der Waals surface area (Å²) in [5.41, 5.74) is -4.21. The second kappa shape index (κ2) is 5.90. The topological polar surface area (TPSA) is 101 Å². The first-order valence-electron chi connectivity index (χ1n) is 12.4. The Balaban J connectivity index is 1.60. The number of ether oxygens (including phenoxy) is 4. The summed E-state index contributed by atoms with van der Waals surface area (Å²) in [7, 11) is 3.40. The van der Waals surface area contributed by atoms with Gasteiger partial charge >= 0.3 is 0 Å². The lowest BCUT2D eigenvalue weighted by Gasteiger charge is -2.71. The van der Waals surface area contributed by atoms with E-state index in [1.54, 1.807) is 14.2 Å². The Morgan fingerprint density at radius 2 is 1.88 bits per heavy atom. The van der Waals surface area contributed by atoms with E-state index in [0.29, 0.717) is 12.8 Å². The predicted molar refractivity (Wildman–Crippen MR) is 112 cm³/mol. The average Bonchev–Trinajstić information content (AvgIpc) is 3.29. The van der Waals surface area contributed by atoms with Crippen LogP contribution >= 0.6 is 0 Å². The van der Waals surface area contributed by atoms with Gasteiger partial charge in [-0.15, -0.1) is 0 Å². The van der Waals surface area contributed by atoms with Crippen LogP contribution in [0.3, 0.4) is 0 Å². The van der Waals surface area contributed by atoms with Crippen molar-refractivity contribution in [3.05, 3.63) is 0 Å². The summed E-state index contributed by atoms with van der Waals surface area (Å²) in [5, 5.41) is 37.0. The molecule has 32 heavy (non-hydrogen) atoms. The number of nitrogens with zero attached hydrogens (tertiary/aromatic N) is 1. The molecule has 0 amide bonds. The molecule has 13 atom stereocenters. The summed E-state index contributed by atoms with van der Waals surface area (Å²) in [5.74, 6) is -0.904. The monoisotopic (exact) mass is 451 g/mol. The number of fused-ring (bicyclic) bond motifs is 1. The molecule has 0 aromatic carbocycles. The van der Waals surface area contributed by atoms with Crippen molar-refractivity contribution in [1.82, 2.24) is 4.90 Å². The Hall–Kier alpha value is -0.320. The molecule has 8 heteroatoms. The molecule has 7 fully saturated rings. The van der Waals surface area contributed by atoms with Crippen LogP contribution < -0.4 is 0 Å². The van der Waals surface area contributed by atoms with Crippen molar-refractivity contribution < 1.29 is 34.3 Å². The quantitative estimate of drug-likeness (QED) is 0.557. The van der Waals surface area contributed by atoms with E-state index in [2.05, 4.69) is 18.7 Å². The zero-order chi connectivity index (χ0) is 22.5. The van der Waals surface area contributed by atoms with Gasteiger partial charge in [0.1, 0.15) is 18.0 Å². The van der Waals surface area contributed by atoms with Crippen molar-refractivity contribution in [2.45, 2.75) is 86.8 Å². The average molecular weight is 452 g/mol. The third kappa shape index (κ3) is 1.68. The van der Waals surface area contributed by atoms with E-state index in [0.717, 1.165) is 25.9 Å². The van der Waals surface area contributed by atoms with Crippen molar-refractivity contribution in [3.63, 3.8) is 0 Å². The highest BCUT2D eigenvalue weighted by Crippen LogP contribution is 2.83. The van der Waals surface area contributed by atoms with E-state index in [1.165, 1.54) is 0 Å². The molecule has 2 heterocycles. The van der Waals surface area contributed by atoms with Gasteiger partial charge in [-0.1, -0.05) is 13.8 Å². The van der Waals surface area contributed by atoms with Gasteiger partial charge in [0.05, 0.1) is 41.5 Å². The summed E-state index contributed by atoms with van der Waals surface area (Å²) >= 11 is 0. The number of likely N-dealkylation sites (N-methyl/N-ethyl adjacent to an activating group) is 1. The highest BCUT2D eigenvalue weighted by atomic mass is 16.7. The van der Waals surface area contributed by atoms with Gasteiger partial charge in [-0.25, -0.2) is 0 Å². The molecular formula is C24H37NO7. The lowest BCUT2D eigenvalue weighted by atomic mass is 9.41. The van der Waals surface area contributed by atoms with Crippen LogP contribution in [0, 0.1) is 28.6 Å². The highest BCUT2D eigenvalue weighted by Gasteiger charge is 2.96. The Morgan fingerprint density at radius 3 is 2.56 bits per heavy atom. The second-order valence-electron chi connectivity index (χ2n) is 12.1. The molecular weight excluding hydrogens is 414 g/mol. The summed E-state index contributed by atoms with van der Waals surface area (Å²) in [6, 6.07) is -0.247. The van der Waals surface area contributed by atoms with E-state index in [4.69, 9.17) is 18.9 Å². The first-order valence-corrected chi connectivity index (χ1v) is 12.4. The maximum Gasteiger partial charge on any atom is 0.148 e. The summed E-state index contributed by atoms with van der Waals surface area (Å²) < 4.78 is 25.2. The Bertz CT molecular complexity index is 858. The molecule has 2 aliphatic heterocycles. The standard InChI is InChI=1S/C24H37NO7/c1-5-25-10-20(2)7-6-14(30-4)23-17(20)18(27)24(19(23)25)22(31-11-32-24)9-13(29-3)12-8-21(23,28)16(22)15(12)26/h12-19,26-28H,5-11H2,1-4H3/t12?,13?,14-,15?,16?,17?,18?,19?,20-,21-,22+,23+,24-/m1/s1. The first kappa shape index (κ1) is 21.0. The predicted octanol–water partition coefficient (Wildman–Crippen LogP) is 0.125. The molecule has 5 saturated carbocycles. The van der Waals surface area contributed by atoms with Crippen LogP contribution in [0.2, 0.25) is 0 Å². The van der Waals surface area contributed by atoms with E-state index < -0.39 is 40.3 Å². The largest absolute Gasteiger partial charge is 0.392 e. The number of rotatable bonds is 3. The van der Waals surface area contributed by atoms with Gasteiger partial charge in [-0.05, 0) is 31.2 Å². The number of likely N-dealkylation sites (tertiary alicyclic amines) is 1. The van der Waals surface area contributed by atoms with Crippen LogP contribution in [0.1, 0.15) is 39.5 Å². The van der Waals surface area contributed by atoms with Crippen LogP contribution in [-0.4, -0.2) is 102 Å². The van der Waals surface area contributed by atoms with Crippen molar-refractivity contribution in [1.29, 1.82) is 0 Å². The number of hydrogen-bond donors (Lipinski definition) is 3. The number of aliphatic hydroxyl groups excluding tert-OH is 2. The molecule has 0 aromatic heterocycles. The first-order chi connectivity index (χ1) is 15.2. The molecule has 3 N–H and O–H groups in total. The summed E-state index contributed by atoms with van der Waals surface area (Å²) in [6.07, 6.45) is 0.630. The number of piperidine rings is 1. The van der Waals surface area contributed by atoms with Crippen molar-refractivity contribution in [3.8, 4) is 0 Å². The lowest BCUT2D eigenvalue weighted by molar-refractivity contribution is -0.331. The fourth-order valence-electron chi connectivity index (χ4n) is 11.2. The Labute approximate surface area is 189 Å². The van der Waals surface area contributed by atoms with Crippen molar-refractivity contribution >= 4 is 0 Å². The maximum absolute atomic E-state index is 13.0. The van der Waals surface area contributed by atoms with Gasteiger partial charge < -0.3 is 34.3 Å². The number of aliphatic hydroxyl groups is 3. The molecule has 7 unspecified atom stereocenters. The third-order valence-corrected chi connectivity index (χ3v) is 11.7. The molecule has 180 valence electrons. The van der Waals surface area contributed by atoms with E-state index >= 15 is 0 Å². The molecule has 8 nitrogen and oxygen atoms in total. The fraction of sp³-hybridized carbons (Fsp3) is 1.00. The van der Waals surface area contributed by atoms with Gasteiger partial charge in [-0.3, -0.25) is 4.90 Å². The molecule has 3 spiro atoms. The number of methoxy groups -OCH3 is 2. The smallest absolute Gasteiger partial charge is 0.148 e.